The van der Waals surface area contributed by atoms with Crippen LogP contribution in [0.4, 0.5) is 11.5 Å². The molecule has 3 N–H and O–H groups in total. The van der Waals surface area contributed by atoms with E-state index in [1.165, 1.54) is 5.57 Å². The Labute approximate surface area is 239 Å². The standard InChI is InChI=1S/C32H34N8O/c1-19(2)29(37-32(33-4)36-28-15-20(3)39(5)38-28)26-17-35-30-24(26)7-6-8-27(30)40-18-23-10-9-22(16-25(23)31(40)41)21-11-13-34-14-12-21/h6-11,15-17,34-35H,4,12-14,18H2,1-3,5H3,(H,36,37,38). The minimum atomic E-state index is 0.0246. The monoisotopic (exact) mass is 546 g/mol. The lowest BCUT2D eigenvalue weighted by Gasteiger charge is -2.17. The summed E-state index contributed by atoms with van der Waals surface area (Å²) in [5.41, 5.74) is 9.88. The number of allylic oxidation sites excluding steroid dienone is 1. The molecule has 0 saturated carbocycles. The maximum absolute atomic E-state index is 13.7. The Hall–Kier alpha value is -4.76. The number of rotatable bonds is 5. The Morgan fingerprint density at radius 3 is 2.73 bits per heavy atom. The van der Waals surface area contributed by atoms with Crippen LogP contribution in [0.2, 0.25) is 0 Å². The van der Waals surface area contributed by atoms with E-state index in [2.05, 4.69) is 67.8 Å². The van der Waals surface area contributed by atoms with Gasteiger partial charge in [-0.3, -0.25) is 9.48 Å². The number of benzene rings is 2. The van der Waals surface area contributed by atoms with Crippen LogP contribution in [0, 0.1) is 6.92 Å². The lowest BCUT2D eigenvalue weighted by atomic mass is 9.97. The van der Waals surface area contributed by atoms with E-state index in [-0.39, 0.29) is 5.91 Å². The summed E-state index contributed by atoms with van der Waals surface area (Å²) in [5.74, 6) is 0.937. The quantitative estimate of drug-likeness (QED) is 0.228. The van der Waals surface area contributed by atoms with Gasteiger partial charge in [0.25, 0.3) is 5.91 Å². The van der Waals surface area contributed by atoms with Gasteiger partial charge >= 0.3 is 0 Å². The molecule has 2 aromatic heterocycles. The Morgan fingerprint density at radius 2 is 2.02 bits per heavy atom. The average Bonchev–Trinajstić information content (AvgIpc) is 3.65. The van der Waals surface area contributed by atoms with Gasteiger partial charge in [0.1, 0.15) is 0 Å². The molecule has 0 aliphatic carbocycles. The normalized spacial score (nSPS) is 15.2. The molecule has 4 aromatic rings. The van der Waals surface area contributed by atoms with Gasteiger partial charge in [-0.2, -0.15) is 10.1 Å². The second-order valence-electron chi connectivity index (χ2n) is 10.7. The zero-order valence-corrected chi connectivity index (χ0v) is 23.9. The highest BCUT2D eigenvalue weighted by atomic mass is 16.2. The van der Waals surface area contributed by atoms with E-state index in [1.54, 1.807) is 4.68 Å². The second-order valence-corrected chi connectivity index (χ2v) is 10.7. The van der Waals surface area contributed by atoms with Crippen molar-refractivity contribution in [3.05, 3.63) is 88.3 Å². The number of carbonyl (C=O) groups is 1. The van der Waals surface area contributed by atoms with Crippen LogP contribution in [-0.2, 0) is 13.6 Å². The van der Waals surface area contributed by atoms with Crippen molar-refractivity contribution in [3.8, 4) is 0 Å². The number of guanidine groups is 1. The molecule has 4 heterocycles. The Kier molecular flexibility index (Phi) is 6.88. The SMILES string of the molecule is C=NC(=Nc1cc(C)n(C)n1)NC(=C(C)C)c1c[nH]c2c(N3Cc4ccc(C5=CCNCC5)cc4C3=O)cccc12. The maximum atomic E-state index is 13.7. The number of aromatic amines is 1. The van der Waals surface area contributed by atoms with Gasteiger partial charge in [0.15, 0.2) is 5.82 Å². The summed E-state index contributed by atoms with van der Waals surface area (Å²) < 4.78 is 1.77. The van der Waals surface area contributed by atoms with Crippen molar-refractivity contribution in [2.45, 2.75) is 33.7 Å². The lowest BCUT2D eigenvalue weighted by molar-refractivity contribution is 0.0997. The molecule has 0 radical (unpaired) electrons. The van der Waals surface area contributed by atoms with Crippen LogP contribution in [-0.4, -0.2) is 46.4 Å². The van der Waals surface area contributed by atoms with Gasteiger partial charge < -0.3 is 20.5 Å². The van der Waals surface area contributed by atoms with E-state index in [0.717, 1.165) is 75.3 Å². The average molecular weight is 547 g/mol. The third kappa shape index (κ3) is 4.89. The third-order valence-electron chi connectivity index (χ3n) is 7.81. The predicted octanol–water partition coefficient (Wildman–Crippen LogP) is 5.48. The second kappa shape index (κ2) is 10.7. The summed E-state index contributed by atoms with van der Waals surface area (Å²) in [7, 11) is 1.88. The molecule has 2 aliphatic rings. The number of nitrogens with one attached hydrogen (secondary N) is 3. The molecule has 1 amide bonds. The lowest BCUT2D eigenvalue weighted by Crippen LogP contribution is -2.23. The Balaban J connectivity index is 1.32. The third-order valence-corrected chi connectivity index (χ3v) is 7.81. The van der Waals surface area contributed by atoms with E-state index < -0.39 is 0 Å². The largest absolute Gasteiger partial charge is 0.359 e. The molecule has 2 aliphatic heterocycles. The summed E-state index contributed by atoms with van der Waals surface area (Å²) >= 11 is 0. The van der Waals surface area contributed by atoms with Crippen molar-refractivity contribution in [1.82, 2.24) is 25.4 Å². The molecule has 0 unspecified atom stereocenters. The maximum Gasteiger partial charge on any atom is 0.259 e. The highest BCUT2D eigenvalue weighted by Gasteiger charge is 2.30. The molecule has 41 heavy (non-hydrogen) atoms. The van der Waals surface area contributed by atoms with Crippen LogP contribution in [0.3, 0.4) is 0 Å². The number of amides is 1. The van der Waals surface area contributed by atoms with Crippen molar-refractivity contribution in [2.75, 3.05) is 18.0 Å². The van der Waals surface area contributed by atoms with Gasteiger partial charge in [-0.1, -0.05) is 35.9 Å². The minimum Gasteiger partial charge on any atom is -0.359 e. The fourth-order valence-corrected chi connectivity index (χ4v) is 5.53. The number of fused-ring (bicyclic) bond motifs is 2. The van der Waals surface area contributed by atoms with E-state index in [1.807, 2.05) is 57.1 Å². The number of H-pyrrole nitrogens is 1. The number of aromatic nitrogens is 3. The molecule has 9 heteroatoms. The van der Waals surface area contributed by atoms with Gasteiger partial charge in [-0.05, 0) is 69.3 Å². The molecule has 6 rings (SSSR count). The molecule has 0 bridgehead atoms. The van der Waals surface area contributed by atoms with Gasteiger partial charge in [-0.15, -0.1) is 0 Å². The molecular formula is C32H34N8O. The fraction of sp³-hybridized carbons (Fsp3) is 0.250. The number of para-hydroxylation sites is 1. The first-order valence-corrected chi connectivity index (χ1v) is 13.8. The van der Waals surface area contributed by atoms with Gasteiger partial charge in [-0.25, -0.2) is 4.99 Å². The molecule has 208 valence electrons. The summed E-state index contributed by atoms with van der Waals surface area (Å²) in [6, 6.07) is 14.3. The molecule has 0 atom stereocenters. The molecule has 9 nitrogen and oxygen atoms in total. The predicted molar refractivity (Wildman–Crippen MR) is 167 cm³/mol. The first-order valence-electron chi connectivity index (χ1n) is 13.8. The topological polar surface area (TPSA) is 103 Å². The van der Waals surface area contributed by atoms with Crippen LogP contribution < -0.4 is 15.5 Å². The number of hydrogen-bond donors (Lipinski definition) is 3. The molecular weight excluding hydrogens is 512 g/mol. The summed E-state index contributed by atoms with van der Waals surface area (Å²) in [5, 5.41) is 12.1. The van der Waals surface area contributed by atoms with E-state index in [0.29, 0.717) is 18.3 Å². The highest BCUT2D eigenvalue weighted by molar-refractivity contribution is 6.14. The van der Waals surface area contributed by atoms with Crippen molar-refractivity contribution in [1.29, 1.82) is 0 Å². The fourth-order valence-electron chi connectivity index (χ4n) is 5.53. The summed E-state index contributed by atoms with van der Waals surface area (Å²) in [4.78, 5) is 27.7. The molecule has 0 spiro atoms. The van der Waals surface area contributed by atoms with Crippen LogP contribution in [0.5, 0.6) is 0 Å². The first-order chi connectivity index (χ1) is 19.8. The summed E-state index contributed by atoms with van der Waals surface area (Å²) in [6.45, 7) is 12.1. The zero-order chi connectivity index (χ0) is 28.7. The van der Waals surface area contributed by atoms with Crippen LogP contribution >= 0.6 is 0 Å². The minimum absolute atomic E-state index is 0.0246. The zero-order valence-electron chi connectivity index (χ0n) is 23.9. The van der Waals surface area contributed by atoms with Gasteiger partial charge in [0.2, 0.25) is 5.96 Å². The van der Waals surface area contributed by atoms with Crippen molar-refractivity contribution >= 4 is 52.3 Å². The Bertz CT molecular complexity index is 1760. The van der Waals surface area contributed by atoms with Gasteiger partial charge in [0, 0.05) is 53.8 Å². The number of aliphatic imine (C=N–C) groups is 2. The number of aryl methyl sites for hydroxylation is 2. The van der Waals surface area contributed by atoms with Crippen molar-refractivity contribution < 1.29 is 4.79 Å². The van der Waals surface area contributed by atoms with Gasteiger partial charge in [0.05, 0.1) is 17.7 Å². The number of hydrogen-bond acceptors (Lipinski definition) is 4. The van der Waals surface area contributed by atoms with E-state index in [9.17, 15) is 4.79 Å². The Morgan fingerprint density at radius 1 is 1.17 bits per heavy atom. The highest BCUT2D eigenvalue weighted by Crippen LogP contribution is 2.37. The first kappa shape index (κ1) is 26.5. The van der Waals surface area contributed by atoms with E-state index >= 15 is 0 Å². The van der Waals surface area contributed by atoms with Crippen LogP contribution in [0.15, 0.2) is 70.3 Å². The molecule has 0 fully saturated rings. The number of anilines is 1. The van der Waals surface area contributed by atoms with Crippen molar-refractivity contribution in [3.63, 3.8) is 0 Å². The summed E-state index contributed by atoms with van der Waals surface area (Å²) in [6.07, 6.45) is 5.15. The van der Waals surface area contributed by atoms with E-state index in [4.69, 9.17) is 0 Å². The number of carbonyl (C=O) groups excluding carboxylic acids is 1. The molecule has 0 saturated heterocycles. The molecule has 2 aromatic carbocycles. The van der Waals surface area contributed by atoms with Crippen LogP contribution in [0.1, 0.15) is 53.0 Å². The van der Waals surface area contributed by atoms with Crippen molar-refractivity contribution in [2.24, 2.45) is 17.0 Å². The van der Waals surface area contributed by atoms with Crippen LogP contribution in [0.25, 0.3) is 22.2 Å². The smallest absolute Gasteiger partial charge is 0.259 e. The number of nitrogens with zero attached hydrogens (tertiary/aromatic N) is 5.